The quantitative estimate of drug-likeness (QED) is 0.568. The Morgan fingerprint density at radius 2 is 1.76 bits per heavy atom. The Morgan fingerprint density at radius 3 is 2.52 bits per heavy atom. The maximum atomic E-state index is 5.76. The fourth-order valence-electron chi connectivity index (χ4n) is 2.65. The minimum Gasteiger partial charge on any atom is -0.271 e. The van der Waals surface area contributed by atoms with Crippen molar-refractivity contribution >= 4 is 10.9 Å². The molecule has 0 bridgehead atoms. The van der Waals surface area contributed by atoms with Gasteiger partial charge in [-0.3, -0.25) is 16.3 Å². The number of nitrogens with one attached hydrogen (secondary N) is 1. The van der Waals surface area contributed by atoms with Crippen molar-refractivity contribution in [3.05, 3.63) is 77.5 Å². The number of hydrazine groups is 1. The van der Waals surface area contributed by atoms with Crippen LogP contribution in [0.3, 0.4) is 0 Å². The number of aromatic nitrogens is 1. The van der Waals surface area contributed by atoms with Gasteiger partial charge in [-0.25, -0.2) is 0 Å². The highest BCUT2D eigenvalue weighted by Gasteiger charge is 2.13. The van der Waals surface area contributed by atoms with Crippen LogP contribution in [0.5, 0.6) is 0 Å². The first-order valence-corrected chi connectivity index (χ1v) is 7.14. The number of para-hydroxylation sites is 1. The molecular formula is C18H19N3. The van der Waals surface area contributed by atoms with E-state index in [1.165, 1.54) is 16.5 Å². The van der Waals surface area contributed by atoms with Crippen molar-refractivity contribution in [1.29, 1.82) is 0 Å². The predicted octanol–water partition coefficient (Wildman–Crippen LogP) is 3.29. The maximum absolute atomic E-state index is 5.76. The van der Waals surface area contributed by atoms with E-state index in [0.29, 0.717) is 0 Å². The number of hydrogen-bond acceptors (Lipinski definition) is 3. The van der Waals surface area contributed by atoms with Gasteiger partial charge < -0.3 is 0 Å². The number of benzene rings is 2. The first-order valence-electron chi connectivity index (χ1n) is 7.14. The van der Waals surface area contributed by atoms with Gasteiger partial charge in [-0.15, -0.1) is 0 Å². The van der Waals surface area contributed by atoms with Crippen molar-refractivity contribution in [2.45, 2.75) is 19.4 Å². The first-order chi connectivity index (χ1) is 10.3. The van der Waals surface area contributed by atoms with Gasteiger partial charge in [0.1, 0.15) is 0 Å². The Labute approximate surface area is 124 Å². The molecule has 0 saturated carbocycles. The maximum Gasteiger partial charge on any atom is 0.0708 e. The summed E-state index contributed by atoms with van der Waals surface area (Å²) in [6, 6.07) is 20.7. The van der Waals surface area contributed by atoms with Crippen LogP contribution in [0.2, 0.25) is 0 Å². The molecule has 0 aliphatic carbocycles. The summed E-state index contributed by atoms with van der Waals surface area (Å²) in [4.78, 5) is 4.76. The van der Waals surface area contributed by atoms with E-state index in [4.69, 9.17) is 10.8 Å². The summed E-state index contributed by atoms with van der Waals surface area (Å²) >= 11 is 0. The third-order valence-corrected chi connectivity index (χ3v) is 3.78. The van der Waals surface area contributed by atoms with E-state index >= 15 is 0 Å². The second kappa shape index (κ2) is 6.04. The molecule has 3 N–H and O–H groups in total. The van der Waals surface area contributed by atoms with Crippen molar-refractivity contribution in [1.82, 2.24) is 10.4 Å². The fraction of sp³-hybridized carbons (Fsp3) is 0.167. The van der Waals surface area contributed by atoms with Gasteiger partial charge in [-0.05, 0) is 36.6 Å². The lowest BCUT2D eigenvalue weighted by molar-refractivity contribution is 0.540. The monoisotopic (exact) mass is 277 g/mol. The van der Waals surface area contributed by atoms with Gasteiger partial charge in [-0.1, -0.05) is 48.5 Å². The van der Waals surface area contributed by atoms with Crippen LogP contribution in [-0.2, 0) is 6.42 Å². The zero-order chi connectivity index (χ0) is 14.7. The predicted molar refractivity (Wildman–Crippen MR) is 86.7 cm³/mol. The number of nitrogens with zero attached hydrogens (tertiary/aromatic N) is 1. The van der Waals surface area contributed by atoms with Gasteiger partial charge >= 0.3 is 0 Å². The van der Waals surface area contributed by atoms with Crippen LogP contribution in [0.1, 0.15) is 22.9 Å². The lowest BCUT2D eigenvalue weighted by Gasteiger charge is -2.17. The molecule has 0 spiro atoms. The van der Waals surface area contributed by atoms with Gasteiger partial charge in [0, 0.05) is 5.39 Å². The molecule has 3 heteroatoms. The second-order valence-corrected chi connectivity index (χ2v) is 5.29. The smallest absolute Gasteiger partial charge is 0.0708 e. The summed E-state index contributed by atoms with van der Waals surface area (Å²) in [7, 11) is 0. The molecule has 0 aliphatic rings. The summed E-state index contributed by atoms with van der Waals surface area (Å²) < 4.78 is 0. The van der Waals surface area contributed by atoms with Crippen LogP contribution in [0, 0.1) is 6.92 Å². The van der Waals surface area contributed by atoms with Gasteiger partial charge in [0.05, 0.1) is 17.3 Å². The molecule has 106 valence electrons. The third kappa shape index (κ3) is 2.94. The van der Waals surface area contributed by atoms with Gasteiger partial charge in [0.15, 0.2) is 0 Å². The molecule has 0 aliphatic heterocycles. The second-order valence-electron chi connectivity index (χ2n) is 5.29. The van der Waals surface area contributed by atoms with Crippen LogP contribution in [-0.4, -0.2) is 4.98 Å². The van der Waals surface area contributed by atoms with Crippen molar-refractivity contribution < 1.29 is 0 Å². The number of aryl methyl sites for hydroxylation is 1. The van der Waals surface area contributed by atoms with E-state index in [-0.39, 0.29) is 6.04 Å². The van der Waals surface area contributed by atoms with Crippen molar-refractivity contribution in [3.63, 3.8) is 0 Å². The summed E-state index contributed by atoms with van der Waals surface area (Å²) in [5.41, 5.74) is 7.36. The summed E-state index contributed by atoms with van der Waals surface area (Å²) in [6.07, 6.45) is 0.822. The molecule has 3 rings (SSSR count). The average molecular weight is 277 g/mol. The lowest BCUT2D eigenvalue weighted by Crippen LogP contribution is -2.30. The topological polar surface area (TPSA) is 50.9 Å². The minimum atomic E-state index is 0.00991. The van der Waals surface area contributed by atoms with E-state index < -0.39 is 0 Å². The molecule has 0 amide bonds. The minimum absolute atomic E-state index is 0.00991. The molecule has 0 radical (unpaired) electrons. The van der Waals surface area contributed by atoms with Crippen molar-refractivity contribution in [2.75, 3.05) is 0 Å². The van der Waals surface area contributed by atoms with Crippen molar-refractivity contribution in [2.24, 2.45) is 5.84 Å². The van der Waals surface area contributed by atoms with Crippen LogP contribution in [0.15, 0.2) is 60.7 Å². The highest BCUT2D eigenvalue weighted by molar-refractivity contribution is 5.82. The zero-order valence-electron chi connectivity index (χ0n) is 12.1. The SMILES string of the molecule is Cc1cc(C(Cc2ccccc2)NN)nc2ccccc12. The Balaban J connectivity index is 1.97. The highest BCUT2D eigenvalue weighted by Crippen LogP contribution is 2.22. The molecule has 3 aromatic rings. The van der Waals surface area contributed by atoms with Crippen LogP contribution >= 0.6 is 0 Å². The fourth-order valence-corrected chi connectivity index (χ4v) is 2.65. The lowest BCUT2D eigenvalue weighted by atomic mass is 10.0. The first kappa shape index (κ1) is 13.7. The van der Waals surface area contributed by atoms with Crippen LogP contribution < -0.4 is 11.3 Å². The summed E-state index contributed by atoms with van der Waals surface area (Å²) in [6.45, 7) is 2.11. The number of rotatable bonds is 4. The molecule has 3 nitrogen and oxygen atoms in total. The molecule has 1 heterocycles. The van der Waals surface area contributed by atoms with Gasteiger partial charge in [-0.2, -0.15) is 0 Å². The van der Waals surface area contributed by atoms with Crippen molar-refractivity contribution in [3.8, 4) is 0 Å². The largest absolute Gasteiger partial charge is 0.271 e. The average Bonchev–Trinajstić information content (AvgIpc) is 2.53. The molecule has 2 aromatic carbocycles. The van der Waals surface area contributed by atoms with E-state index in [9.17, 15) is 0 Å². The highest BCUT2D eigenvalue weighted by atomic mass is 15.2. The number of pyridine rings is 1. The summed E-state index contributed by atoms with van der Waals surface area (Å²) in [5, 5.41) is 1.19. The van der Waals surface area contributed by atoms with Gasteiger partial charge in [0.25, 0.3) is 0 Å². The van der Waals surface area contributed by atoms with E-state index in [0.717, 1.165) is 17.6 Å². The molecule has 1 unspecified atom stereocenters. The normalized spacial score (nSPS) is 12.5. The third-order valence-electron chi connectivity index (χ3n) is 3.78. The number of nitrogens with two attached hydrogens (primary N) is 1. The zero-order valence-corrected chi connectivity index (χ0v) is 12.1. The van der Waals surface area contributed by atoms with Crippen LogP contribution in [0.25, 0.3) is 10.9 Å². The molecular weight excluding hydrogens is 258 g/mol. The molecule has 1 atom stereocenters. The Morgan fingerprint density at radius 1 is 1.05 bits per heavy atom. The number of hydrogen-bond donors (Lipinski definition) is 2. The standard InChI is InChI=1S/C18H19N3/c1-13-11-17(20-16-10-6-5-9-15(13)16)18(21-19)12-14-7-3-2-4-8-14/h2-11,18,21H,12,19H2,1H3. The Hall–Kier alpha value is -2.23. The summed E-state index contributed by atoms with van der Waals surface area (Å²) in [5.74, 6) is 5.76. The van der Waals surface area contributed by atoms with Gasteiger partial charge in [0.2, 0.25) is 0 Å². The van der Waals surface area contributed by atoms with E-state index in [1.807, 2.05) is 36.4 Å². The van der Waals surface area contributed by atoms with Crippen LogP contribution in [0.4, 0.5) is 0 Å². The molecule has 0 fully saturated rings. The van der Waals surface area contributed by atoms with E-state index in [2.05, 4.69) is 36.6 Å². The molecule has 0 saturated heterocycles. The Kier molecular flexibility index (Phi) is 3.95. The Bertz CT molecular complexity index is 738. The van der Waals surface area contributed by atoms with E-state index in [1.54, 1.807) is 0 Å². The number of fused-ring (bicyclic) bond motifs is 1. The molecule has 1 aromatic heterocycles. The molecule has 21 heavy (non-hydrogen) atoms.